The van der Waals surface area contributed by atoms with Gasteiger partial charge in [0, 0.05) is 25.2 Å². The van der Waals surface area contributed by atoms with Crippen LogP contribution in [0.3, 0.4) is 0 Å². The number of aryl methyl sites for hydroxylation is 1. The first-order chi connectivity index (χ1) is 11.0. The molecule has 0 saturated carbocycles. The van der Waals surface area contributed by atoms with Crippen LogP contribution in [-0.2, 0) is 6.54 Å². The van der Waals surface area contributed by atoms with Crippen LogP contribution in [0.5, 0.6) is 0 Å². The van der Waals surface area contributed by atoms with E-state index in [2.05, 4.69) is 68.6 Å². The van der Waals surface area contributed by atoms with Gasteiger partial charge in [0.1, 0.15) is 0 Å². The van der Waals surface area contributed by atoms with Crippen LogP contribution in [-0.4, -0.2) is 32.3 Å². The number of nitrogens with one attached hydrogen (secondary N) is 1. The number of rotatable bonds is 7. The summed E-state index contributed by atoms with van der Waals surface area (Å²) in [5, 5.41) is 3.46. The molecule has 0 saturated heterocycles. The van der Waals surface area contributed by atoms with Gasteiger partial charge < -0.3 is 9.53 Å². The monoisotopic (exact) mass is 321 g/mol. The van der Waals surface area contributed by atoms with Crippen molar-refractivity contribution in [2.24, 2.45) is 0 Å². The van der Waals surface area contributed by atoms with E-state index in [0.29, 0.717) is 6.04 Å². The maximum absolute atomic E-state index is 5.59. The molecule has 2 nitrogen and oxygen atoms in total. The molecule has 1 N–H and O–H groups in total. The molecule has 0 aliphatic heterocycles. The Balaban J connectivity index is 2.28. The first-order valence-electron chi connectivity index (χ1n) is 7.89. The molecule has 2 rings (SSSR count). The Hall–Kier alpha value is -1.16. The third-order valence-electron chi connectivity index (χ3n) is 3.63. The van der Waals surface area contributed by atoms with E-state index in [0.717, 1.165) is 6.54 Å². The van der Waals surface area contributed by atoms with Crippen molar-refractivity contribution in [2.75, 3.05) is 7.05 Å². The van der Waals surface area contributed by atoms with Crippen molar-refractivity contribution in [1.29, 1.82) is 0 Å². The quantitative estimate of drug-likeness (QED) is 0.617. The van der Waals surface area contributed by atoms with E-state index >= 15 is 0 Å². The van der Waals surface area contributed by atoms with Gasteiger partial charge in [-0.05, 0) is 42.3 Å². The summed E-state index contributed by atoms with van der Waals surface area (Å²) in [5.74, 6) is 0. The minimum atomic E-state index is 0.496. The SMILES string of the molecule is [B][B]N(C)Sc1ccccc1-c1ccc(CNC(C)C)cc1C. The van der Waals surface area contributed by atoms with Crippen LogP contribution in [0.25, 0.3) is 11.1 Å². The van der Waals surface area contributed by atoms with Crippen LogP contribution in [0.2, 0.25) is 0 Å². The molecular weight excluding hydrogens is 298 g/mol. The van der Waals surface area contributed by atoms with Crippen LogP contribution < -0.4 is 5.32 Å². The molecule has 23 heavy (non-hydrogen) atoms. The Kier molecular flexibility index (Phi) is 6.82. The molecule has 2 aromatic carbocycles. The van der Waals surface area contributed by atoms with Crippen molar-refractivity contribution in [2.45, 2.75) is 38.3 Å². The lowest BCUT2D eigenvalue weighted by molar-refractivity contribution is 0.589. The van der Waals surface area contributed by atoms with Crippen molar-refractivity contribution in [3.8, 4) is 11.1 Å². The molecule has 0 amide bonds. The number of nitrogens with zero attached hydrogens (tertiary/aromatic N) is 1. The summed E-state index contributed by atoms with van der Waals surface area (Å²) in [6, 6.07) is 15.6. The van der Waals surface area contributed by atoms with E-state index < -0.39 is 0 Å². The molecule has 0 bridgehead atoms. The van der Waals surface area contributed by atoms with Crippen molar-refractivity contribution in [3.05, 3.63) is 53.6 Å². The molecule has 0 fully saturated rings. The minimum Gasteiger partial charge on any atom is -0.310 e. The lowest BCUT2D eigenvalue weighted by Gasteiger charge is -2.17. The highest BCUT2D eigenvalue weighted by molar-refractivity contribution is 7.98. The fraction of sp³-hybridized carbons (Fsp3) is 0.333. The first kappa shape index (κ1) is 18.2. The molecule has 0 atom stereocenters. The summed E-state index contributed by atoms with van der Waals surface area (Å²) in [6.45, 7) is 7.41. The summed E-state index contributed by atoms with van der Waals surface area (Å²) in [7, 11) is 9.12. The second-order valence-corrected chi connectivity index (χ2v) is 7.17. The number of hydrogen-bond donors (Lipinski definition) is 1. The van der Waals surface area contributed by atoms with Gasteiger partial charge in [-0.3, -0.25) is 0 Å². The highest BCUT2D eigenvalue weighted by atomic mass is 32.2. The summed E-state index contributed by atoms with van der Waals surface area (Å²) in [6.07, 6.45) is 0. The van der Waals surface area contributed by atoms with Gasteiger partial charge in [-0.2, -0.15) is 0 Å². The second kappa shape index (κ2) is 8.62. The van der Waals surface area contributed by atoms with E-state index in [4.69, 9.17) is 7.74 Å². The van der Waals surface area contributed by atoms with Gasteiger partial charge in [0.25, 0.3) is 0 Å². The Morgan fingerprint density at radius 3 is 2.57 bits per heavy atom. The first-order valence-corrected chi connectivity index (χ1v) is 8.66. The molecule has 0 spiro atoms. The van der Waals surface area contributed by atoms with E-state index in [1.54, 1.807) is 19.3 Å². The molecule has 0 unspecified atom stereocenters. The predicted octanol–water partition coefficient (Wildman–Crippen LogP) is 3.80. The zero-order chi connectivity index (χ0) is 16.8. The summed E-state index contributed by atoms with van der Waals surface area (Å²) in [5.41, 5.74) is 5.12. The van der Waals surface area contributed by atoms with Gasteiger partial charge in [-0.15, -0.1) is 0 Å². The Morgan fingerprint density at radius 2 is 1.91 bits per heavy atom. The molecule has 2 aromatic rings. The van der Waals surface area contributed by atoms with Crippen molar-refractivity contribution in [3.63, 3.8) is 0 Å². The average molecular weight is 321 g/mol. The Labute approximate surface area is 146 Å². The van der Waals surface area contributed by atoms with Crippen LogP contribution in [0, 0.1) is 6.92 Å². The maximum Gasteiger partial charge on any atom is 0.164 e. The molecule has 5 heteroatoms. The van der Waals surface area contributed by atoms with E-state index in [9.17, 15) is 0 Å². The third kappa shape index (κ3) is 5.17. The lowest BCUT2D eigenvalue weighted by atomic mass is 9.67. The predicted molar refractivity (Wildman–Crippen MR) is 104 cm³/mol. The van der Waals surface area contributed by atoms with Gasteiger partial charge >= 0.3 is 0 Å². The molecule has 117 valence electrons. The fourth-order valence-electron chi connectivity index (χ4n) is 2.41. The van der Waals surface area contributed by atoms with Gasteiger partial charge in [0.15, 0.2) is 7.31 Å². The highest BCUT2D eigenvalue weighted by Gasteiger charge is 2.10. The summed E-state index contributed by atoms with van der Waals surface area (Å²) < 4.78 is 1.91. The van der Waals surface area contributed by atoms with E-state index in [-0.39, 0.29) is 0 Å². The number of hydrogen-bond acceptors (Lipinski definition) is 3. The zero-order valence-electron chi connectivity index (χ0n) is 14.3. The van der Waals surface area contributed by atoms with Crippen molar-refractivity contribution in [1.82, 2.24) is 9.53 Å². The van der Waals surface area contributed by atoms with Crippen LogP contribution in [0.4, 0.5) is 0 Å². The van der Waals surface area contributed by atoms with Gasteiger partial charge in [0.05, 0.1) is 0 Å². The maximum atomic E-state index is 5.59. The Morgan fingerprint density at radius 1 is 1.17 bits per heavy atom. The minimum absolute atomic E-state index is 0.496. The van der Waals surface area contributed by atoms with Crippen molar-refractivity contribution >= 4 is 27.0 Å². The van der Waals surface area contributed by atoms with Gasteiger partial charge in [-0.1, -0.05) is 62.2 Å². The van der Waals surface area contributed by atoms with Crippen LogP contribution >= 0.6 is 11.9 Å². The van der Waals surface area contributed by atoms with E-state index in [1.807, 2.05) is 11.3 Å². The van der Waals surface area contributed by atoms with Crippen molar-refractivity contribution < 1.29 is 0 Å². The van der Waals surface area contributed by atoms with E-state index in [1.165, 1.54) is 27.1 Å². The van der Waals surface area contributed by atoms with Gasteiger partial charge in [0.2, 0.25) is 0 Å². The highest BCUT2D eigenvalue weighted by Crippen LogP contribution is 2.34. The van der Waals surface area contributed by atoms with Gasteiger partial charge in [-0.25, -0.2) is 0 Å². The molecule has 0 heterocycles. The molecular formula is C18H23B2N2S. The Bertz CT molecular complexity index is 647. The lowest BCUT2D eigenvalue weighted by Crippen LogP contribution is -2.21. The fourth-order valence-corrected chi connectivity index (χ4v) is 3.20. The summed E-state index contributed by atoms with van der Waals surface area (Å²) in [4.78, 5) is 1.20. The average Bonchev–Trinajstić information content (AvgIpc) is 2.53. The topological polar surface area (TPSA) is 15.3 Å². The summed E-state index contributed by atoms with van der Waals surface area (Å²) >= 11 is 1.63. The third-order valence-corrected chi connectivity index (χ3v) is 4.60. The zero-order valence-corrected chi connectivity index (χ0v) is 15.2. The smallest absolute Gasteiger partial charge is 0.164 e. The molecule has 0 aromatic heterocycles. The normalized spacial score (nSPS) is 11.2. The molecule has 3 radical (unpaired) electrons. The second-order valence-electron chi connectivity index (χ2n) is 5.97. The largest absolute Gasteiger partial charge is 0.310 e. The van der Waals surface area contributed by atoms with Crippen LogP contribution in [0.15, 0.2) is 47.4 Å². The molecule has 0 aliphatic rings. The molecule has 0 aliphatic carbocycles. The standard InChI is InChI=1S/C18H23B2N2S/c1-13(2)21-12-15-9-10-16(14(3)11-15)17-7-5-6-8-18(17)23-22(4)20-19/h5-11,13,21H,12H2,1-4H3. The van der Waals surface area contributed by atoms with Crippen LogP contribution in [0.1, 0.15) is 25.0 Å². The number of benzene rings is 2.